The third-order valence-electron chi connectivity index (χ3n) is 1.42. The first-order valence-electron chi connectivity index (χ1n) is 3.95. The summed E-state index contributed by atoms with van der Waals surface area (Å²) in [6, 6.07) is 1.74. The van der Waals surface area contributed by atoms with Crippen LogP contribution in [0, 0.1) is 6.92 Å². The van der Waals surface area contributed by atoms with E-state index < -0.39 is 0 Å². The number of nitrogens with one attached hydrogen (secondary N) is 1. The zero-order valence-corrected chi connectivity index (χ0v) is 8.43. The van der Waals surface area contributed by atoms with Gasteiger partial charge in [-0.3, -0.25) is 0 Å². The van der Waals surface area contributed by atoms with Crippen molar-refractivity contribution in [1.29, 1.82) is 0 Å². The first kappa shape index (κ1) is 10.1. The third kappa shape index (κ3) is 3.06. The maximum absolute atomic E-state index is 5.53. The molecule has 0 radical (unpaired) electrons. The Balaban J connectivity index is 2.76. The first-order valence-corrected chi connectivity index (χ1v) is 4.49. The van der Waals surface area contributed by atoms with Crippen molar-refractivity contribution < 1.29 is 4.74 Å². The van der Waals surface area contributed by atoms with Gasteiger partial charge in [0.15, 0.2) is 0 Å². The highest BCUT2D eigenvalue weighted by Crippen LogP contribution is 2.11. The number of aromatic nitrogens is 2. The van der Waals surface area contributed by atoms with Crippen LogP contribution in [0.4, 0.5) is 5.82 Å². The van der Waals surface area contributed by atoms with Gasteiger partial charge >= 0.3 is 0 Å². The maximum atomic E-state index is 5.53. The highest BCUT2D eigenvalue weighted by atomic mass is 35.5. The van der Waals surface area contributed by atoms with E-state index in [0.29, 0.717) is 24.1 Å². The van der Waals surface area contributed by atoms with Crippen molar-refractivity contribution in [1.82, 2.24) is 9.97 Å². The summed E-state index contributed by atoms with van der Waals surface area (Å²) in [6.45, 7) is 2.50. The molecule has 1 N–H and O–H groups in total. The van der Waals surface area contributed by atoms with Gasteiger partial charge in [-0.05, 0) is 6.92 Å². The number of methoxy groups -OCH3 is 1. The average molecular weight is 202 g/mol. The molecule has 4 nitrogen and oxygen atoms in total. The molecule has 0 atom stereocenters. The molecule has 0 spiro atoms. The fourth-order valence-corrected chi connectivity index (χ4v) is 1.01. The molecule has 0 amide bonds. The van der Waals surface area contributed by atoms with Crippen molar-refractivity contribution in [2.24, 2.45) is 0 Å². The van der Waals surface area contributed by atoms with Crippen molar-refractivity contribution in [3.63, 3.8) is 0 Å². The molecule has 5 heteroatoms. The summed E-state index contributed by atoms with van der Waals surface area (Å²) in [6.07, 6.45) is 0. The van der Waals surface area contributed by atoms with Crippen LogP contribution in [0.15, 0.2) is 6.07 Å². The minimum Gasteiger partial charge on any atom is -0.481 e. The van der Waals surface area contributed by atoms with Crippen LogP contribution in [-0.2, 0) is 0 Å². The summed E-state index contributed by atoms with van der Waals surface area (Å²) in [5.41, 5.74) is 0. The minimum absolute atomic E-state index is 0.547. The van der Waals surface area contributed by atoms with E-state index in [1.165, 1.54) is 0 Å². The molecule has 1 aromatic rings. The van der Waals surface area contributed by atoms with Crippen molar-refractivity contribution in [3.8, 4) is 5.88 Å². The molecule has 13 heavy (non-hydrogen) atoms. The maximum Gasteiger partial charge on any atom is 0.218 e. The molecular weight excluding hydrogens is 190 g/mol. The molecule has 0 aliphatic rings. The number of anilines is 1. The van der Waals surface area contributed by atoms with Gasteiger partial charge in [-0.1, -0.05) is 0 Å². The lowest BCUT2D eigenvalue weighted by Crippen LogP contribution is -2.06. The predicted octanol–water partition coefficient (Wildman–Crippen LogP) is 1.44. The zero-order valence-electron chi connectivity index (χ0n) is 7.67. The van der Waals surface area contributed by atoms with Gasteiger partial charge in [-0.2, -0.15) is 4.98 Å². The standard InChI is InChI=1S/C8H12ClN3O/c1-6-11-7(10-4-3-9)5-8(12-6)13-2/h5H,3-4H2,1-2H3,(H,10,11,12). The van der Waals surface area contributed by atoms with Crippen LogP contribution in [0.2, 0.25) is 0 Å². The summed E-state index contributed by atoms with van der Waals surface area (Å²) < 4.78 is 4.99. The van der Waals surface area contributed by atoms with E-state index in [1.807, 2.05) is 6.92 Å². The second-order valence-electron chi connectivity index (χ2n) is 2.46. The molecule has 0 aliphatic heterocycles. The number of aryl methyl sites for hydroxylation is 1. The SMILES string of the molecule is COc1cc(NCCCl)nc(C)n1. The van der Waals surface area contributed by atoms with Gasteiger partial charge < -0.3 is 10.1 Å². The number of hydrogen-bond donors (Lipinski definition) is 1. The first-order chi connectivity index (χ1) is 6.26. The zero-order chi connectivity index (χ0) is 9.68. The Labute approximate surface area is 82.3 Å². The van der Waals surface area contributed by atoms with E-state index in [9.17, 15) is 0 Å². The molecule has 1 heterocycles. The molecule has 72 valence electrons. The highest BCUT2D eigenvalue weighted by molar-refractivity contribution is 6.18. The quantitative estimate of drug-likeness (QED) is 0.749. The van der Waals surface area contributed by atoms with Crippen LogP contribution in [0.25, 0.3) is 0 Å². The molecule has 1 rings (SSSR count). The second-order valence-corrected chi connectivity index (χ2v) is 2.84. The van der Waals surface area contributed by atoms with E-state index in [2.05, 4.69) is 15.3 Å². The third-order valence-corrected chi connectivity index (χ3v) is 1.61. The summed E-state index contributed by atoms with van der Waals surface area (Å²) >= 11 is 5.53. The lowest BCUT2D eigenvalue weighted by Gasteiger charge is -2.05. The van der Waals surface area contributed by atoms with Gasteiger partial charge in [0.25, 0.3) is 0 Å². The number of hydrogen-bond acceptors (Lipinski definition) is 4. The van der Waals surface area contributed by atoms with Crippen LogP contribution in [0.3, 0.4) is 0 Å². The Kier molecular flexibility index (Phi) is 3.76. The summed E-state index contributed by atoms with van der Waals surface area (Å²) in [4.78, 5) is 8.21. The Morgan fingerprint density at radius 3 is 2.92 bits per heavy atom. The molecule has 0 unspecified atom stereocenters. The van der Waals surface area contributed by atoms with Gasteiger partial charge in [-0.15, -0.1) is 11.6 Å². The van der Waals surface area contributed by atoms with Crippen molar-refractivity contribution >= 4 is 17.4 Å². The smallest absolute Gasteiger partial charge is 0.218 e. The molecule has 0 bridgehead atoms. The van der Waals surface area contributed by atoms with Gasteiger partial charge in [0.2, 0.25) is 5.88 Å². The van der Waals surface area contributed by atoms with Crippen LogP contribution in [0.5, 0.6) is 5.88 Å². The highest BCUT2D eigenvalue weighted by Gasteiger charge is 2.00. The van der Waals surface area contributed by atoms with Gasteiger partial charge in [-0.25, -0.2) is 4.98 Å². The van der Waals surface area contributed by atoms with Crippen LogP contribution in [0.1, 0.15) is 5.82 Å². The normalized spacial score (nSPS) is 9.77. The molecular formula is C8H12ClN3O. The van der Waals surface area contributed by atoms with E-state index in [-0.39, 0.29) is 0 Å². The fraction of sp³-hybridized carbons (Fsp3) is 0.500. The minimum atomic E-state index is 0.547. The second kappa shape index (κ2) is 4.87. The van der Waals surface area contributed by atoms with Crippen LogP contribution in [-0.4, -0.2) is 29.5 Å². The molecule has 0 aliphatic carbocycles. The van der Waals surface area contributed by atoms with Gasteiger partial charge in [0, 0.05) is 18.5 Å². The Morgan fingerprint density at radius 2 is 2.31 bits per heavy atom. The van der Waals surface area contributed by atoms with Crippen LogP contribution < -0.4 is 10.1 Å². The van der Waals surface area contributed by atoms with Crippen molar-refractivity contribution in [2.75, 3.05) is 24.9 Å². The van der Waals surface area contributed by atoms with E-state index in [4.69, 9.17) is 16.3 Å². The molecule has 1 aromatic heterocycles. The molecule has 0 fully saturated rings. The molecule has 0 saturated heterocycles. The van der Waals surface area contributed by atoms with E-state index in [0.717, 1.165) is 5.82 Å². The molecule has 0 saturated carbocycles. The average Bonchev–Trinajstić information content (AvgIpc) is 2.14. The lowest BCUT2D eigenvalue weighted by molar-refractivity contribution is 0.396. The van der Waals surface area contributed by atoms with E-state index in [1.54, 1.807) is 13.2 Å². The largest absolute Gasteiger partial charge is 0.481 e. The Morgan fingerprint density at radius 1 is 1.54 bits per heavy atom. The Hall–Kier alpha value is -1.03. The monoisotopic (exact) mass is 201 g/mol. The van der Waals surface area contributed by atoms with Gasteiger partial charge in [0.05, 0.1) is 7.11 Å². The predicted molar refractivity (Wildman–Crippen MR) is 52.5 cm³/mol. The van der Waals surface area contributed by atoms with Crippen molar-refractivity contribution in [3.05, 3.63) is 11.9 Å². The number of rotatable bonds is 4. The topological polar surface area (TPSA) is 47.0 Å². The number of halogens is 1. The number of nitrogens with zero attached hydrogens (tertiary/aromatic N) is 2. The lowest BCUT2D eigenvalue weighted by atomic mass is 10.5. The summed E-state index contributed by atoms with van der Waals surface area (Å²) in [7, 11) is 1.58. The van der Waals surface area contributed by atoms with Gasteiger partial charge in [0.1, 0.15) is 11.6 Å². The fourth-order valence-electron chi connectivity index (χ4n) is 0.911. The molecule has 0 aromatic carbocycles. The Bertz CT molecular complexity index is 280. The van der Waals surface area contributed by atoms with Crippen LogP contribution >= 0.6 is 11.6 Å². The van der Waals surface area contributed by atoms with E-state index >= 15 is 0 Å². The number of ether oxygens (including phenoxy) is 1. The number of alkyl halides is 1. The summed E-state index contributed by atoms with van der Waals surface area (Å²) in [5.74, 6) is 2.52. The van der Waals surface area contributed by atoms with Crippen molar-refractivity contribution in [2.45, 2.75) is 6.92 Å². The summed E-state index contributed by atoms with van der Waals surface area (Å²) in [5, 5.41) is 3.05.